The van der Waals surface area contributed by atoms with Crippen molar-refractivity contribution in [3.05, 3.63) is 0 Å². The molecule has 0 saturated carbocycles. The summed E-state index contributed by atoms with van der Waals surface area (Å²) in [5.74, 6) is -0.931. The second kappa shape index (κ2) is 2.78. The van der Waals surface area contributed by atoms with Gasteiger partial charge in [-0.25, -0.2) is 8.42 Å². The number of hydrogen-bond acceptors (Lipinski definition) is 4. The van der Waals surface area contributed by atoms with Crippen LogP contribution < -0.4 is 4.72 Å². The lowest BCUT2D eigenvalue weighted by molar-refractivity contribution is -0.134. The monoisotopic (exact) mass is 181 g/mol. The van der Waals surface area contributed by atoms with Crippen LogP contribution in [-0.2, 0) is 14.8 Å². The van der Waals surface area contributed by atoms with Crippen LogP contribution in [-0.4, -0.2) is 31.3 Å². The summed E-state index contributed by atoms with van der Waals surface area (Å²) in [5, 5.41) is 8.97. The molecule has 0 rings (SSSR count). The van der Waals surface area contributed by atoms with E-state index in [1.54, 1.807) is 4.72 Å². The second-order valence-corrected chi connectivity index (χ2v) is 4.51. The van der Waals surface area contributed by atoms with Gasteiger partial charge in [0.2, 0.25) is 10.0 Å². The van der Waals surface area contributed by atoms with E-state index in [2.05, 4.69) is 0 Å². The van der Waals surface area contributed by atoms with E-state index in [4.69, 9.17) is 5.11 Å². The molecule has 0 fully saturated rings. The number of rotatable bonds is 2. The van der Waals surface area contributed by atoms with Gasteiger partial charge in [-0.3, -0.25) is 9.52 Å². The Morgan fingerprint density at radius 2 is 1.82 bits per heavy atom. The van der Waals surface area contributed by atoms with Gasteiger partial charge < -0.3 is 5.11 Å². The van der Waals surface area contributed by atoms with E-state index in [9.17, 15) is 13.2 Å². The zero-order valence-corrected chi connectivity index (χ0v) is 7.40. The Kier molecular flexibility index (Phi) is 2.63. The van der Waals surface area contributed by atoms with Gasteiger partial charge in [-0.15, -0.1) is 0 Å². The van der Waals surface area contributed by atoms with Crippen molar-refractivity contribution >= 4 is 15.9 Å². The minimum atomic E-state index is -3.57. The number of carbonyl (C=O) groups excluding carboxylic acids is 1. The fourth-order valence-electron chi connectivity index (χ4n) is 0.293. The highest BCUT2D eigenvalue weighted by molar-refractivity contribution is 7.89. The number of amides is 1. The Bertz CT molecular complexity index is 248. The Labute approximate surface area is 65.5 Å². The summed E-state index contributed by atoms with van der Waals surface area (Å²) in [6, 6.07) is 0. The van der Waals surface area contributed by atoms with E-state index in [0.717, 1.165) is 6.26 Å². The van der Waals surface area contributed by atoms with Crippen LogP contribution in [0.2, 0.25) is 0 Å². The third-order valence-corrected chi connectivity index (χ3v) is 1.39. The van der Waals surface area contributed by atoms with Gasteiger partial charge in [-0.05, 0) is 13.8 Å². The van der Waals surface area contributed by atoms with Crippen molar-refractivity contribution in [1.29, 1.82) is 0 Å². The van der Waals surface area contributed by atoms with E-state index >= 15 is 0 Å². The lowest BCUT2D eigenvalue weighted by atomic mass is 10.1. The maximum atomic E-state index is 10.7. The molecule has 6 heteroatoms. The summed E-state index contributed by atoms with van der Waals surface area (Å²) in [6.07, 6.45) is 0.844. The molecule has 0 aromatic carbocycles. The first kappa shape index (κ1) is 10.4. The van der Waals surface area contributed by atoms with Gasteiger partial charge in [0.15, 0.2) is 0 Å². The molecule has 0 aliphatic carbocycles. The molecule has 0 spiro atoms. The molecular formula is C5H11NO4S. The molecule has 0 atom stereocenters. The predicted octanol–water partition coefficient (Wildman–Crippen LogP) is -1.17. The van der Waals surface area contributed by atoms with Gasteiger partial charge in [-0.1, -0.05) is 0 Å². The summed E-state index contributed by atoms with van der Waals surface area (Å²) in [5.41, 5.74) is -1.66. The molecule has 0 bridgehead atoms. The van der Waals surface area contributed by atoms with Crippen molar-refractivity contribution in [3.63, 3.8) is 0 Å². The molecule has 0 radical (unpaired) electrons. The molecule has 0 aromatic heterocycles. The minimum Gasteiger partial charge on any atom is -0.381 e. The fourth-order valence-corrected chi connectivity index (χ4v) is 0.880. The van der Waals surface area contributed by atoms with Crippen LogP contribution in [0.5, 0.6) is 0 Å². The highest BCUT2D eigenvalue weighted by Gasteiger charge is 2.25. The van der Waals surface area contributed by atoms with Gasteiger partial charge in [0, 0.05) is 0 Å². The first-order valence-electron chi connectivity index (χ1n) is 2.87. The van der Waals surface area contributed by atoms with Gasteiger partial charge in [0.1, 0.15) is 5.60 Å². The summed E-state index contributed by atoms with van der Waals surface area (Å²) < 4.78 is 22.5. The van der Waals surface area contributed by atoms with Crippen LogP contribution in [0.4, 0.5) is 0 Å². The zero-order valence-electron chi connectivity index (χ0n) is 6.58. The molecule has 0 aliphatic rings. The van der Waals surface area contributed by atoms with Gasteiger partial charge in [0.25, 0.3) is 5.91 Å². The summed E-state index contributed by atoms with van der Waals surface area (Å²) >= 11 is 0. The molecule has 0 aliphatic heterocycles. The highest BCUT2D eigenvalue weighted by Crippen LogP contribution is 2.00. The molecule has 0 aromatic rings. The zero-order chi connectivity index (χ0) is 9.28. The standard InChI is InChI=1S/C5H11NO4S/c1-5(2,8)4(7)6-11(3,9)10/h8H,1-3H3,(H,6,7). The van der Waals surface area contributed by atoms with Crippen molar-refractivity contribution < 1.29 is 18.3 Å². The van der Waals surface area contributed by atoms with E-state index in [-0.39, 0.29) is 0 Å². The van der Waals surface area contributed by atoms with Crippen LogP contribution >= 0.6 is 0 Å². The maximum absolute atomic E-state index is 10.7. The number of hydrogen-bond donors (Lipinski definition) is 2. The second-order valence-electron chi connectivity index (χ2n) is 2.76. The first-order valence-corrected chi connectivity index (χ1v) is 4.76. The molecule has 11 heavy (non-hydrogen) atoms. The van der Waals surface area contributed by atoms with Crippen LogP contribution in [0, 0.1) is 0 Å². The van der Waals surface area contributed by atoms with Crippen molar-refractivity contribution in [2.75, 3.05) is 6.26 Å². The van der Waals surface area contributed by atoms with Crippen LogP contribution in [0.3, 0.4) is 0 Å². The van der Waals surface area contributed by atoms with Crippen molar-refractivity contribution in [2.24, 2.45) is 0 Å². The van der Waals surface area contributed by atoms with E-state index in [1.165, 1.54) is 13.8 Å². The van der Waals surface area contributed by atoms with E-state index < -0.39 is 21.5 Å². The van der Waals surface area contributed by atoms with Crippen LogP contribution in [0.25, 0.3) is 0 Å². The van der Waals surface area contributed by atoms with E-state index in [0.29, 0.717) is 0 Å². The SMILES string of the molecule is CC(C)(O)C(=O)NS(C)(=O)=O. The van der Waals surface area contributed by atoms with Crippen LogP contribution in [0.15, 0.2) is 0 Å². The average molecular weight is 181 g/mol. The number of nitrogens with one attached hydrogen (secondary N) is 1. The lowest BCUT2D eigenvalue weighted by Crippen LogP contribution is -2.44. The Morgan fingerprint density at radius 3 is 1.91 bits per heavy atom. The van der Waals surface area contributed by atoms with Crippen molar-refractivity contribution in [3.8, 4) is 0 Å². The Hall–Kier alpha value is -0.620. The predicted molar refractivity (Wildman–Crippen MR) is 39.3 cm³/mol. The molecule has 0 saturated heterocycles. The van der Waals surface area contributed by atoms with Crippen LogP contribution in [0.1, 0.15) is 13.8 Å². The smallest absolute Gasteiger partial charge is 0.264 e. The number of sulfonamides is 1. The molecule has 2 N–H and O–H groups in total. The topological polar surface area (TPSA) is 83.5 Å². The quantitative estimate of drug-likeness (QED) is 0.562. The number of aliphatic hydroxyl groups is 1. The summed E-state index contributed by atoms with van der Waals surface area (Å²) in [4.78, 5) is 10.7. The molecule has 5 nitrogen and oxygen atoms in total. The Balaban J connectivity index is 4.35. The van der Waals surface area contributed by atoms with Crippen molar-refractivity contribution in [1.82, 2.24) is 4.72 Å². The van der Waals surface area contributed by atoms with Gasteiger partial charge in [0.05, 0.1) is 6.26 Å². The first-order chi connectivity index (χ1) is 4.63. The third-order valence-electron chi connectivity index (χ3n) is 0.834. The van der Waals surface area contributed by atoms with Gasteiger partial charge >= 0.3 is 0 Å². The Morgan fingerprint density at radius 1 is 1.45 bits per heavy atom. The molecule has 0 unspecified atom stereocenters. The molecular weight excluding hydrogens is 170 g/mol. The summed E-state index contributed by atoms with van der Waals surface area (Å²) in [7, 11) is -3.57. The highest BCUT2D eigenvalue weighted by atomic mass is 32.2. The summed E-state index contributed by atoms with van der Waals surface area (Å²) in [6.45, 7) is 2.40. The fraction of sp³-hybridized carbons (Fsp3) is 0.800. The average Bonchev–Trinajstić information content (AvgIpc) is 1.56. The third kappa shape index (κ3) is 4.74. The van der Waals surface area contributed by atoms with Gasteiger partial charge in [-0.2, -0.15) is 0 Å². The maximum Gasteiger partial charge on any atom is 0.264 e. The van der Waals surface area contributed by atoms with Crippen molar-refractivity contribution in [2.45, 2.75) is 19.4 Å². The normalized spacial score (nSPS) is 12.7. The molecule has 0 heterocycles. The van der Waals surface area contributed by atoms with E-state index in [1.807, 2.05) is 0 Å². The number of carbonyl (C=O) groups is 1. The lowest BCUT2D eigenvalue weighted by Gasteiger charge is -2.14. The largest absolute Gasteiger partial charge is 0.381 e. The molecule has 66 valence electrons. The minimum absolute atomic E-state index is 0.844. The molecule has 1 amide bonds.